The van der Waals surface area contributed by atoms with Crippen molar-refractivity contribution < 1.29 is 4.74 Å². The number of pyridine rings is 1. The van der Waals surface area contributed by atoms with Crippen LogP contribution in [-0.2, 0) is 11.8 Å². The lowest BCUT2D eigenvalue weighted by molar-refractivity contribution is 0.412. The Bertz CT molecular complexity index is 1100. The van der Waals surface area contributed by atoms with E-state index in [-0.39, 0.29) is 5.41 Å². The molecule has 0 atom stereocenters. The van der Waals surface area contributed by atoms with Gasteiger partial charge in [0.25, 0.3) is 0 Å². The molecule has 0 spiro atoms. The van der Waals surface area contributed by atoms with Crippen LogP contribution < -0.4 is 4.74 Å². The van der Waals surface area contributed by atoms with E-state index in [4.69, 9.17) is 9.72 Å². The van der Waals surface area contributed by atoms with Crippen LogP contribution in [0.25, 0.3) is 15.7 Å². The van der Waals surface area contributed by atoms with Crippen LogP contribution in [0.15, 0.2) is 41.9 Å². The Morgan fingerprint density at radius 2 is 1.96 bits per heavy atom. The van der Waals surface area contributed by atoms with Crippen LogP contribution in [0.2, 0.25) is 0 Å². The zero-order valence-corrected chi connectivity index (χ0v) is 16.8. The van der Waals surface area contributed by atoms with Gasteiger partial charge in [-0.05, 0) is 47.0 Å². The standard InChI is InChI=1S/C22H24N2OS/c1-14-7-6-8-18-20(14)15(13-26-18)11-17-21(22(2,3)4)23-19-10-9-16(25-5)12-24(17)19/h6-10,12-13H,11H2,1-5H3. The van der Waals surface area contributed by atoms with Gasteiger partial charge in [-0.2, -0.15) is 0 Å². The number of hydrogen-bond acceptors (Lipinski definition) is 3. The van der Waals surface area contributed by atoms with Crippen LogP contribution in [0, 0.1) is 6.92 Å². The molecule has 4 aromatic rings. The molecule has 3 aromatic heterocycles. The Morgan fingerprint density at radius 1 is 1.15 bits per heavy atom. The first-order valence-corrected chi connectivity index (χ1v) is 9.77. The molecule has 3 nitrogen and oxygen atoms in total. The van der Waals surface area contributed by atoms with Crippen molar-refractivity contribution in [1.82, 2.24) is 9.38 Å². The van der Waals surface area contributed by atoms with Gasteiger partial charge in [0.2, 0.25) is 0 Å². The van der Waals surface area contributed by atoms with Gasteiger partial charge in [-0.1, -0.05) is 32.9 Å². The third kappa shape index (κ3) is 2.78. The Morgan fingerprint density at radius 3 is 2.69 bits per heavy atom. The fraction of sp³-hybridized carbons (Fsp3) is 0.318. The summed E-state index contributed by atoms with van der Waals surface area (Å²) in [6.07, 6.45) is 2.92. The minimum atomic E-state index is -0.0184. The molecule has 4 rings (SSSR count). The number of methoxy groups -OCH3 is 1. The highest BCUT2D eigenvalue weighted by molar-refractivity contribution is 7.17. The molecule has 0 saturated carbocycles. The topological polar surface area (TPSA) is 26.5 Å². The van der Waals surface area contributed by atoms with Gasteiger partial charge in [0.15, 0.2) is 0 Å². The lowest BCUT2D eigenvalue weighted by Crippen LogP contribution is -2.15. The number of hydrogen-bond donors (Lipinski definition) is 0. The SMILES string of the molecule is COc1ccc2nc(C(C)(C)C)c(Cc3csc4cccc(C)c34)n2c1. The molecule has 3 heterocycles. The summed E-state index contributed by atoms with van der Waals surface area (Å²) in [4.78, 5) is 4.95. The summed E-state index contributed by atoms with van der Waals surface area (Å²) < 4.78 is 9.00. The number of ether oxygens (including phenoxy) is 1. The zero-order chi connectivity index (χ0) is 18.5. The summed E-state index contributed by atoms with van der Waals surface area (Å²) in [5.41, 5.74) is 6.06. The molecule has 134 valence electrons. The first-order chi connectivity index (χ1) is 12.4. The predicted octanol–water partition coefficient (Wildman–Crippen LogP) is 5.75. The first-order valence-electron chi connectivity index (χ1n) is 8.89. The van der Waals surface area contributed by atoms with Gasteiger partial charge in [-0.15, -0.1) is 11.3 Å². The summed E-state index contributed by atoms with van der Waals surface area (Å²) in [6, 6.07) is 10.5. The Hall–Kier alpha value is -2.33. The van der Waals surface area contributed by atoms with Gasteiger partial charge in [-0.3, -0.25) is 4.40 Å². The van der Waals surface area contributed by atoms with Crippen molar-refractivity contribution in [3.63, 3.8) is 0 Å². The lowest BCUT2D eigenvalue weighted by Gasteiger charge is -2.18. The predicted molar refractivity (Wildman–Crippen MR) is 110 cm³/mol. The number of aromatic nitrogens is 2. The second kappa shape index (κ2) is 6.13. The molecule has 0 radical (unpaired) electrons. The molecule has 0 aliphatic carbocycles. The lowest BCUT2D eigenvalue weighted by atomic mass is 9.89. The number of thiophene rings is 1. The second-order valence-corrected chi connectivity index (χ2v) is 8.75. The Balaban J connectivity index is 1.94. The number of rotatable bonds is 3. The highest BCUT2D eigenvalue weighted by Gasteiger charge is 2.25. The molecule has 1 aromatic carbocycles. The quantitative estimate of drug-likeness (QED) is 0.462. The van der Waals surface area contributed by atoms with E-state index < -0.39 is 0 Å². The van der Waals surface area contributed by atoms with Crippen molar-refractivity contribution in [3.05, 3.63) is 64.4 Å². The molecule has 26 heavy (non-hydrogen) atoms. The molecular formula is C22H24N2OS. The molecular weight excluding hydrogens is 340 g/mol. The molecule has 0 saturated heterocycles. The third-order valence-electron chi connectivity index (χ3n) is 4.88. The summed E-state index contributed by atoms with van der Waals surface area (Å²) in [7, 11) is 1.71. The Kier molecular flexibility index (Phi) is 4.03. The number of fused-ring (bicyclic) bond motifs is 2. The van der Waals surface area contributed by atoms with Crippen molar-refractivity contribution >= 4 is 27.1 Å². The van der Waals surface area contributed by atoms with Gasteiger partial charge in [0, 0.05) is 16.5 Å². The summed E-state index contributed by atoms with van der Waals surface area (Å²) >= 11 is 1.82. The maximum atomic E-state index is 5.45. The molecule has 4 heteroatoms. The van der Waals surface area contributed by atoms with E-state index in [0.717, 1.165) is 23.5 Å². The van der Waals surface area contributed by atoms with Crippen molar-refractivity contribution in [2.45, 2.75) is 39.5 Å². The summed E-state index contributed by atoms with van der Waals surface area (Å²) in [6.45, 7) is 8.88. The van der Waals surface area contributed by atoms with Crippen molar-refractivity contribution in [2.24, 2.45) is 0 Å². The molecule has 0 unspecified atom stereocenters. The maximum Gasteiger partial charge on any atom is 0.137 e. The third-order valence-corrected chi connectivity index (χ3v) is 5.87. The average molecular weight is 365 g/mol. The minimum Gasteiger partial charge on any atom is -0.495 e. The number of imidazole rings is 1. The van der Waals surface area contributed by atoms with E-state index in [0.29, 0.717) is 0 Å². The van der Waals surface area contributed by atoms with Gasteiger partial charge >= 0.3 is 0 Å². The summed E-state index contributed by atoms with van der Waals surface area (Å²) in [5, 5.41) is 3.68. The molecule has 0 aliphatic heterocycles. The van der Waals surface area contributed by atoms with Gasteiger partial charge < -0.3 is 4.74 Å². The summed E-state index contributed by atoms with van der Waals surface area (Å²) in [5.74, 6) is 0.850. The molecule has 0 fully saturated rings. The number of nitrogens with zero attached hydrogens (tertiary/aromatic N) is 2. The molecule has 0 amide bonds. The van der Waals surface area contributed by atoms with Crippen LogP contribution in [0.3, 0.4) is 0 Å². The molecule has 0 bridgehead atoms. The van der Waals surface area contributed by atoms with Crippen molar-refractivity contribution in [2.75, 3.05) is 7.11 Å². The van der Waals surface area contributed by atoms with Crippen molar-refractivity contribution in [3.8, 4) is 5.75 Å². The largest absolute Gasteiger partial charge is 0.495 e. The van der Waals surface area contributed by atoms with Crippen LogP contribution in [0.5, 0.6) is 5.75 Å². The van der Waals surface area contributed by atoms with Gasteiger partial charge in [0.05, 0.1) is 24.7 Å². The van der Waals surface area contributed by atoms with E-state index in [2.05, 4.69) is 55.7 Å². The number of benzene rings is 1. The van der Waals surface area contributed by atoms with Crippen molar-refractivity contribution in [1.29, 1.82) is 0 Å². The molecule has 0 aliphatic rings. The van der Waals surface area contributed by atoms with Crippen LogP contribution >= 0.6 is 11.3 Å². The average Bonchev–Trinajstić information content (AvgIpc) is 3.17. The Labute approximate surface area is 158 Å². The maximum absolute atomic E-state index is 5.45. The second-order valence-electron chi connectivity index (χ2n) is 7.84. The highest BCUT2D eigenvalue weighted by Crippen LogP contribution is 2.34. The van der Waals surface area contributed by atoms with Crippen LogP contribution in [-0.4, -0.2) is 16.5 Å². The van der Waals surface area contributed by atoms with E-state index in [1.165, 1.54) is 26.9 Å². The van der Waals surface area contributed by atoms with Gasteiger partial charge in [0.1, 0.15) is 11.4 Å². The normalized spacial score (nSPS) is 12.2. The fourth-order valence-corrected chi connectivity index (χ4v) is 4.66. The minimum absolute atomic E-state index is 0.0184. The van der Waals surface area contributed by atoms with E-state index in [1.807, 2.05) is 29.7 Å². The molecule has 0 N–H and O–H groups in total. The van der Waals surface area contributed by atoms with E-state index in [9.17, 15) is 0 Å². The van der Waals surface area contributed by atoms with Gasteiger partial charge in [-0.25, -0.2) is 4.98 Å². The first kappa shape index (κ1) is 17.1. The fourth-order valence-electron chi connectivity index (χ4n) is 3.62. The van der Waals surface area contributed by atoms with E-state index in [1.54, 1.807) is 7.11 Å². The zero-order valence-electron chi connectivity index (χ0n) is 16.0. The van der Waals surface area contributed by atoms with Crippen LogP contribution in [0.4, 0.5) is 0 Å². The monoisotopic (exact) mass is 364 g/mol. The number of aryl methyl sites for hydroxylation is 1. The van der Waals surface area contributed by atoms with Crippen LogP contribution in [0.1, 0.15) is 43.3 Å². The van der Waals surface area contributed by atoms with E-state index >= 15 is 0 Å². The highest BCUT2D eigenvalue weighted by atomic mass is 32.1. The smallest absolute Gasteiger partial charge is 0.137 e.